The van der Waals surface area contributed by atoms with Gasteiger partial charge in [-0.15, -0.1) is 0 Å². The zero-order valence-electron chi connectivity index (χ0n) is 13.0. The molecule has 0 aliphatic heterocycles. The standard InChI is InChI=1S/C17H26O3/c1-10-12(19)9-16(4)14(20-11(2)18)13(10)15(3)7-6-8-17(15,16)5/h12-14,19H,1,6-9H2,2-5H3/t12-,13+,14+,15+,16-,17+/m1/s1. The molecule has 0 spiro atoms. The van der Waals surface area contributed by atoms with Crippen LogP contribution in [0.3, 0.4) is 0 Å². The molecule has 112 valence electrons. The summed E-state index contributed by atoms with van der Waals surface area (Å²) in [6.07, 6.45) is 3.56. The molecule has 0 saturated heterocycles. The molecule has 0 aromatic rings. The molecule has 6 atom stereocenters. The number of ether oxygens (including phenoxy) is 1. The van der Waals surface area contributed by atoms with E-state index in [9.17, 15) is 9.90 Å². The van der Waals surface area contributed by atoms with Gasteiger partial charge in [0.25, 0.3) is 0 Å². The van der Waals surface area contributed by atoms with Gasteiger partial charge in [-0.3, -0.25) is 4.79 Å². The van der Waals surface area contributed by atoms with Gasteiger partial charge in [0.15, 0.2) is 0 Å². The third kappa shape index (κ3) is 1.33. The topological polar surface area (TPSA) is 46.5 Å². The highest BCUT2D eigenvalue weighted by Crippen LogP contribution is 2.77. The molecule has 1 N–H and O–H groups in total. The van der Waals surface area contributed by atoms with Crippen LogP contribution in [-0.4, -0.2) is 23.3 Å². The van der Waals surface area contributed by atoms with E-state index in [4.69, 9.17) is 4.74 Å². The van der Waals surface area contributed by atoms with Crippen molar-refractivity contribution in [2.24, 2.45) is 22.2 Å². The molecule has 0 heterocycles. The number of hydrogen-bond donors (Lipinski definition) is 1. The lowest BCUT2D eigenvalue weighted by Crippen LogP contribution is -2.48. The van der Waals surface area contributed by atoms with Crippen molar-refractivity contribution in [3.05, 3.63) is 12.2 Å². The maximum Gasteiger partial charge on any atom is 0.302 e. The van der Waals surface area contributed by atoms with Crippen LogP contribution in [0.15, 0.2) is 12.2 Å². The lowest BCUT2D eigenvalue weighted by molar-refractivity contribution is -0.161. The molecular weight excluding hydrogens is 252 g/mol. The smallest absolute Gasteiger partial charge is 0.302 e. The average Bonchev–Trinajstić information content (AvgIpc) is 2.68. The number of aliphatic hydroxyl groups excluding tert-OH is 1. The Labute approximate surface area is 121 Å². The van der Waals surface area contributed by atoms with E-state index in [1.165, 1.54) is 13.3 Å². The summed E-state index contributed by atoms with van der Waals surface area (Å²) in [6.45, 7) is 12.5. The molecule has 3 rings (SSSR count). The number of hydrogen-bond acceptors (Lipinski definition) is 3. The predicted molar refractivity (Wildman–Crippen MR) is 77.0 cm³/mol. The maximum atomic E-state index is 11.6. The molecular formula is C17H26O3. The molecule has 2 bridgehead atoms. The Balaban J connectivity index is 2.17. The molecule has 3 heteroatoms. The zero-order valence-corrected chi connectivity index (χ0v) is 13.0. The first-order valence-corrected chi connectivity index (χ1v) is 7.71. The molecule has 3 aliphatic rings. The second kappa shape index (κ2) is 3.88. The number of fused-ring (bicyclic) bond motifs is 5. The van der Waals surface area contributed by atoms with Gasteiger partial charge in [0, 0.05) is 18.3 Å². The highest BCUT2D eigenvalue weighted by atomic mass is 16.5. The monoisotopic (exact) mass is 278 g/mol. The van der Waals surface area contributed by atoms with Crippen LogP contribution < -0.4 is 0 Å². The third-order valence-corrected chi connectivity index (χ3v) is 7.25. The summed E-state index contributed by atoms with van der Waals surface area (Å²) < 4.78 is 5.76. The van der Waals surface area contributed by atoms with Crippen LogP contribution >= 0.6 is 0 Å². The van der Waals surface area contributed by atoms with Gasteiger partial charge in [0.2, 0.25) is 0 Å². The summed E-state index contributed by atoms with van der Waals surface area (Å²) in [5.74, 6) is -0.129. The minimum atomic E-state index is -0.462. The Morgan fingerprint density at radius 3 is 2.55 bits per heavy atom. The van der Waals surface area contributed by atoms with Crippen molar-refractivity contribution in [3.63, 3.8) is 0 Å². The Hall–Kier alpha value is -0.830. The SMILES string of the molecule is C=C1[C@H](O)C[C@]2(C)[C@@H](OC(C)=O)[C@H]1[C@]1(C)CCC[C@@]12C. The fourth-order valence-electron chi connectivity index (χ4n) is 5.89. The van der Waals surface area contributed by atoms with Gasteiger partial charge < -0.3 is 9.84 Å². The molecule has 3 fully saturated rings. The Bertz CT molecular complexity index is 485. The van der Waals surface area contributed by atoms with Crippen LogP contribution in [0.4, 0.5) is 0 Å². The summed E-state index contributed by atoms with van der Waals surface area (Å²) >= 11 is 0. The Morgan fingerprint density at radius 1 is 1.30 bits per heavy atom. The highest BCUT2D eigenvalue weighted by molar-refractivity contribution is 5.66. The van der Waals surface area contributed by atoms with Gasteiger partial charge in [-0.25, -0.2) is 0 Å². The van der Waals surface area contributed by atoms with Crippen LogP contribution in [0.2, 0.25) is 0 Å². The van der Waals surface area contributed by atoms with Crippen molar-refractivity contribution >= 4 is 5.97 Å². The van der Waals surface area contributed by atoms with Crippen LogP contribution in [0.1, 0.15) is 53.4 Å². The van der Waals surface area contributed by atoms with Crippen LogP contribution in [0.25, 0.3) is 0 Å². The van der Waals surface area contributed by atoms with E-state index in [1.54, 1.807) is 0 Å². The minimum Gasteiger partial charge on any atom is -0.461 e. The minimum absolute atomic E-state index is 0.0798. The molecule has 3 aliphatic carbocycles. The molecule has 0 aromatic carbocycles. The van der Waals surface area contributed by atoms with Crippen molar-refractivity contribution in [1.82, 2.24) is 0 Å². The van der Waals surface area contributed by atoms with Crippen molar-refractivity contribution in [2.45, 2.75) is 65.6 Å². The lowest BCUT2D eigenvalue weighted by Gasteiger charge is -2.47. The molecule has 20 heavy (non-hydrogen) atoms. The predicted octanol–water partition coefficient (Wildman–Crippen LogP) is 3.07. The normalized spacial score (nSPS) is 53.9. The van der Waals surface area contributed by atoms with E-state index in [-0.39, 0.29) is 34.2 Å². The summed E-state index contributed by atoms with van der Waals surface area (Å²) in [4.78, 5) is 11.6. The van der Waals surface area contributed by atoms with E-state index in [2.05, 4.69) is 27.4 Å². The second-order valence-corrected chi connectivity index (χ2v) is 7.82. The molecule has 0 radical (unpaired) electrons. The Morgan fingerprint density at radius 2 is 1.95 bits per heavy atom. The first-order chi connectivity index (χ1) is 9.17. The van der Waals surface area contributed by atoms with Gasteiger partial charge >= 0.3 is 5.97 Å². The highest BCUT2D eigenvalue weighted by Gasteiger charge is 2.75. The fraction of sp³-hybridized carbons (Fsp3) is 0.824. The van der Waals surface area contributed by atoms with Crippen molar-refractivity contribution in [1.29, 1.82) is 0 Å². The summed E-state index contributed by atoms with van der Waals surface area (Å²) in [6, 6.07) is 0. The summed E-state index contributed by atoms with van der Waals surface area (Å²) in [5.41, 5.74) is 0.901. The van der Waals surface area contributed by atoms with Crippen molar-refractivity contribution < 1.29 is 14.6 Å². The van der Waals surface area contributed by atoms with E-state index < -0.39 is 6.10 Å². The van der Waals surface area contributed by atoms with Gasteiger partial charge in [-0.05, 0) is 35.7 Å². The number of aliphatic hydroxyl groups is 1. The average molecular weight is 278 g/mol. The number of rotatable bonds is 1. The van der Waals surface area contributed by atoms with Crippen LogP contribution in [-0.2, 0) is 9.53 Å². The summed E-state index contributed by atoms with van der Waals surface area (Å²) in [7, 11) is 0. The third-order valence-electron chi connectivity index (χ3n) is 7.25. The van der Waals surface area contributed by atoms with Gasteiger partial charge in [0.1, 0.15) is 6.10 Å². The zero-order chi connectivity index (χ0) is 14.9. The molecule has 3 nitrogen and oxygen atoms in total. The Kier molecular flexibility index (Phi) is 2.74. The van der Waals surface area contributed by atoms with Crippen molar-refractivity contribution in [2.75, 3.05) is 0 Å². The molecule has 0 unspecified atom stereocenters. The molecule has 3 saturated carbocycles. The van der Waals surface area contributed by atoms with E-state index in [0.717, 1.165) is 18.4 Å². The fourth-order valence-corrected chi connectivity index (χ4v) is 5.89. The number of carbonyl (C=O) groups excluding carboxylic acids is 1. The van der Waals surface area contributed by atoms with E-state index in [1.807, 2.05) is 0 Å². The van der Waals surface area contributed by atoms with E-state index >= 15 is 0 Å². The largest absolute Gasteiger partial charge is 0.461 e. The molecule has 0 amide bonds. The van der Waals surface area contributed by atoms with Crippen LogP contribution in [0, 0.1) is 22.2 Å². The van der Waals surface area contributed by atoms with Gasteiger partial charge in [-0.1, -0.05) is 33.8 Å². The number of esters is 1. The van der Waals surface area contributed by atoms with E-state index in [0.29, 0.717) is 6.42 Å². The quantitative estimate of drug-likeness (QED) is 0.592. The van der Waals surface area contributed by atoms with Crippen molar-refractivity contribution in [3.8, 4) is 0 Å². The molecule has 0 aromatic heterocycles. The maximum absolute atomic E-state index is 11.6. The first-order valence-electron chi connectivity index (χ1n) is 7.71. The summed E-state index contributed by atoms with van der Waals surface area (Å²) in [5, 5.41) is 10.4. The number of carbonyl (C=O) groups is 1. The van der Waals surface area contributed by atoms with Crippen LogP contribution in [0.5, 0.6) is 0 Å². The van der Waals surface area contributed by atoms with Gasteiger partial charge in [0.05, 0.1) is 6.10 Å². The van der Waals surface area contributed by atoms with Gasteiger partial charge in [-0.2, -0.15) is 0 Å². The second-order valence-electron chi connectivity index (χ2n) is 7.82. The lowest BCUT2D eigenvalue weighted by atomic mass is 9.58. The first kappa shape index (κ1) is 14.1.